The third kappa shape index (κ3) is 4.57. The number of aromatic nitrogens is 4. The number of nitrogens with one attached hydrogen (secondary N) is 1. The van der Waals surface area contributed by atoms with E-state index in [1.54, 1.807) is 0 Å². The van der Waals surface area contributed by atoms with E-state index in [2.05, 4.69) is 25.5 Å². The summed E-state index contributed by atoms with van der Waals surface area (Å²) < 4.78 is 7.65. The first-order valence-electron chi connectivity index (χ1n) is 7.51. The molecule has 0 radical (unpaired) electrons. The summed E-state index contributed by atoms with van der Waals surface area (Å²) in [7, 11) is 0. The molecule has 3 rings (SSSR count). The molecule has 1 N–H and O–H groups in total. The number of aryl methyl sites for hydroxylation is 2. The van der Waals surface area contributed by atoms with Crippen molar-refractivity contribution in [3.63, 3.8) is 0 Å². The zero-order valence-corrected chi connectivity index (χ0v) is 14.0. The number of hydrogen-bond acceptors (Lipinski definition) is 7. The first-order chi connectivity index (χ1) is 11.1. The lowest BCUT2D eigenvalue weighted by atomic mass is 10.2. The molecule has 2 aromatic heterocycles. The van der Waals surface area contributed by atoms with E-state index in [9.17, 15) is 4.79 Å². The molecule has 0 aliphatic carbocycles. The van der Waals surface area contributed by atoms with Crippen molar-refractivity contribution in [3.05, 3.63) is 23.0 Å². The maximum Gasteiger partial charge on any atom is 0.240 e. The fourth-order valence-electron chi connectivity index (χ4n) is 2.52. The zero-order chi connectivity index (χ0) is 16.2. The van der Waals surface area contributed by atoms with Crippen molar-refractivity contribution in [1.82, 2.24) is 24.9 Å². The minimum Gasteiger partial charge on any atom is -0.374 e. The summed E-state index contributed by atoms with van der Waals surface area (Å²) in [5, 5.41) is 16.2. The fourth-order valence-corrected chi connectivity index (χ4v) is 3.13. The Morgan fingerprint density at radius 3 is 3.04 bits per heavy atom. The molecule has 1 aliphatic heterocycles. The number of hydrogen-bond donors (Lipinski definition) is 1. The SMILES string of the molecule is Cc1cnn(C[C@H]2CN(CC(=O)Nc3nnc(C)s3)CCO2)c1. The van der Waals surface area contributed by atoms with Crippen LogP contribution in [0.4, 0.5) is 5.13 Å². The summed E-state index contributed by atoms with van der Waals surface area (Å²) in [4.78, 5) is 14.2. The second-order valence-corrected chi connectivity index (χ2v) is 6.82. The van der Waals surface area contributed by atoms with E-state index >= 15 is 0 Å². The van der Waals surface area contributed by atoms with Crippen molar-refractivity contribution in [2.45, 2.75) is 26.5 Å². The normalized spacial score (nSPS) is 19.0. The highest BCUT2D eigenvalue weighted by atomic mass is 32.1. The lowest BCUT2D eigenvalue weighted by Crippen LogP contribution is -2.47. The van der Waals surface area contributed by atoms with Gasteiger partial charge in [-0.25, -0.2) is 0 Å². The second-order valence-electron chi connectivity index (χ2n) is 5.64. The number of morpholine rings is 1. The lowest BCUT2D eigenvalue weighted by Gasteiger charge is -2.32. The molecule has 8 nitrogen and oxygen atoms in total. The molecule has 0 spiro atoms. The van der Waals surface area contributed by atoms with Crippen LogP contribution in [0, 0.1) is 13.8 Å². The standard InChI is InChI=1S/C14H20N6O2S/c1-10-5-15-20(6-10)8-12-7-19(3-4-22-12)9-13(21)16-14-18-17-11(2)23-14/h5-6,12H,3-4,7-9H2,1-2H3,(H,16,18,21)/t12-/m1/s1. The number of carbonyl (C=O) groups excluding carboxylic acids is 1. The summed E-state index contributed by atoms with van der Waals surface area (Å²) in [6.45, 7) is 6.97. The summed E-state index contributed by atoms with van der Waals surface area (Å²) in [5.74, 6) is -0.0725. The highest BCUT2D eigenvalue weighted by molar-refractivity contribution is 7.15. The van der Waals surface area contributed by atoms with E-state index in [0.29, 0.717) is 31.4 Å². The molecule has 1 amide bonds. The monoisotopic (exact) mass is 336 g/mol. The van der Waals surface area contributed by atoms with Crippen LogP contribution in [0.1, 0.15) is 10.6 Å². The largest absolute Gasteiger partial charge is 0.374 e. The first kappa shape index (κ1) is 16.0. The Kier molecular flexibility index (Phi) is 4.99. The van der Waals surface area contributed by atoms with Gasteiger partial charge in [0.1, 0.15) is 5.01 Å². The Morgan fingerprint density at radius 1 is 1.48 bits per heavy atom. The van der Waals surface area contributed by atoms with Crippen LogP contribution in [-0.4, -0.2) is 63.1 Å². The van der Waals surface area contributed by atoms with Crippen molar-refractivity contribution in [2.24, 2.45) is 0 Å². The van der Waals surface area contributed by atoms with Crippen LogP contribution in [0.2, 0.25) is 0 Å². The Balaban J connectivity index is 1.49. The minimum absolute atomic E-state index is 0.0413. The predicted molar refractivity (Wildman–Crippen MR) is 86.4 cm³/mol. The molecule has 1 fully saturated rings. The van der Waals surface area contributed by atoms with Crippen LogP contribution >= 0.6 is 11.3 Å². The van der Waals surface area contributed by atoms with Crippen molar-refractivity contribution in [2.75, 3.05) is 31.6 Å². The van der Waals surface area contributed by atoms with E-state index in [-0.39, 0.29) is 12.0 Å². The van der Waals surface area contributed by atoms with Crippen LogP contribution in [-0.2, 0) is 16.1 Å². The number of amides is 1. The summed E-state index contributed by atoms with van der Waals surface area (Å²) in [5.41, 5.74) is 1.13. The average molecular weight is 336 g/mol. The maximum absolute atomic E-state index is 12.1. The first-order valence-corrected chi connectivity index (χ1v) is 8.33. The van der Waals surface area contributed by atoms with Crippen LogP contribution in [0.25, 0.3) is 0 Å². The molecule has 1 saturated heterocycles. The summed E-state index contributed by atoms with van der Waals surface area (Å²) in [6, 6.07) is 0. The van der Waals surface area contributed by atoms with Gasteiger partial charge in [0.2, 0.25) is 11.0 Å². The molecule has 9 heteroatoms. The number of rotatable bonds is 5. The summed E-state index contributed by atoms with van der Waals surface area (Å²) >= 11 is 1.37. The quantitative estimate of drug-likeness (QED) is 0.865. The van der Waals surface area contributed by atoms with Crippen LogP contribution in [0.3, 0.4) is 0 Å². The van der Waals surface area contributed by atoms with Gasteiger partial charge in [0.05, 0.1) is 32.0 Å². The summed E-state index contributed by atoms with van der Waals surface area (Å²) in [6.07, 6.45) is 3.87. The number of ether oxygens (including phenoxy) is 1. The molecule has 0 saturated carbocycles. The number of anilines is 1. The zero-order valence-electron chi connectivity index (χ0n) is 13.2. The smallest absolute Gasteiger partial charge is 0.240 e. The van der Waals surface area contributed by atoms with E-state index in [0.717, 1.165) is 17.1 Å². The van der Waals surface area contributed by atoms with Gasteiger partial charge in [-0.2, -0.15) is 5.10 Å². The van der Waals surface area contributed by atoms with E-state index < -0.39 is 0 Å². The van der Waals surface area contributed by atoms with Crippen molar-refractivity contribution in [1.29, 1.82) is 0 Å². The van der Waals surface area contributed by atoms with Crippen LogP contribution in [0.5, 0.6) is 0 Å². The van der Waals surface area contributed by atoms with Gasteiger partial charge in [0.15, 0.2) is 0 Å². The van der Waals surface area contributed by atoms with Crippen LogP contribution in [0.15, 0.2) is 12.4 Å². The minimum atomic E-state index is -0.0725. The van der Waals surface area contributed by atoms with Crippen LogP contribution < -0.4 is 5.32 Å². The molecule has 3 heterocycles. The Bertz CT molecular complexity index is 670. The number of carbonyl (C=O) groups is 1. The second kappa shape index (κ2) is 7.16. The molecule has 0 aromatic carbocycles. The molecular formula is C14H20N6O2S. The molecule has 1 atom stereocenters. The van der Waals surface area contributed by atoms with Crippen molar-refractivity contribution >= 4 is 22.4 Å². The van der Waals surface area contributed by atoms with E-state index in [1.165, 1.54) is 11.3 Å². The van der Waals surface area contributed by atoms with Gasteiger partial charge in [0.25, 0.3) is 0 Å². The van der Waals surface area contributed by atoms with Gasteiger partial charge in [-0.15, -0.1) is 10.2 Å². The average Bonchev–Trinajstić information content (AvgIpc) is 3.08. The highest BCUT2D eigenvalue weighted by Crippen LogP contribution is 2.14. The van der Waals surface area contributed by atoms with E-state index in [1.807, 2.05) is 30.9 Å². The lowest BCUT2D eigenvalue weighted by molar-refractivity contribution is -0.119. The van der Waals surface area contributed by atoms with Crippen molar-refractivity contribution in [3.8, 4) is 0 Å². The molecule has 2 aromatic rings. The fraction of sp³-hybridized carbons (Fsp3) is 0.571. The Labute approximate surface area is 138 Å². The maximum atomic E-state index is 12.1. The Morgan fingerprint density at radius 2 is 2.35 bits per heavy atom. The predicted octanol–water partition coefficient (Wildman–Crippen LogP) is 0.691. The molecule has 124 valence electrons. The van der Waals surface area contributed by atoms with Gasteiger partial charge >= 0.3 is 0 Å². The van der Waals surface area contributed by atoms with Gasteiger partial charge in [-0.05, 0) is 19.4 Å². The van der Waals surface area contributed by atoms with Gasteiger partial charge in [-0.3, -0.25) is 19.7 Å². The molecule has 0 bridgehead atoms. The molecular weight excluding hydrogens is 316 g/mol. The topological polar surface area (TPSA) is 85.2 Å². The van der Waals surface area contributed by atoms with E-state index in [4.69, 9.17) is 4.74 Å². The van der Waals surface area contributed by atoms with Gasteiger partial charge in [0, 0.05) is 19.3 Å². The molecule has 1 aliphatic rings. The van der Waals surface area contributed by atoms with Crippen molar-refractivity contribution < 1.29 is 9.53 Å². The highest BCUT2D eigenvalue weighted by Gasteiger charge is 2.23. The Hall–Kier alpha value is -1.84. The third-order valence-electron chi connectivity index (χ3n) is 3.52. The number of nitrogens with zero attached hydrogens (tertiary/aromatic N) is 5. The third-order valence-corrected chi connectivity index (χ3v) is 4.27. The molecule has 0 unspecified atom stereocenters. The van der Waals surface area contributed by atoms with Gasteiger partial charge in [-0.1, -0.05) is 11.3 Å². The molecule has 23 heavy (non-hydrogen) atoms. The van der Waals surface area contributed by atoms with Gasteiger partial charge < -0.3 is 4.74 Å².